The fraction of sp³-hybridized carbons (Fsp3) is 0.136. The largest absolute Gasteiger partial charge is 0.399 e. The Kier molecular flexibility index (Phi) is 6.34. The number of aromatic nitrogens is 2. The fourth-order valence-electron chi connectivity index (χ4n) is 3.02. The lowest BCUT2D eigenvalue weighted by Crippen LogP contribution is -2.33. The van der Waals surface area contributed by atoms with E-state index in [1.807, 2.05) is 25.1 Å². The average Bonchev–Trinajstić information content (AvgIpc) is 2.68. The maximum Gasteiger partial charge on any atom is 0.133 e. The molecule has 0 saturated carbocycles. The predicted molar refractivity (Wildman–Crippen MR) is 111 cm³/mol. The van der Waals surface area contributed by atoms with E-state index >= 15 is 0 Å². The first-order valence-electron chi connectivity index (χ1n) is 8.73. The van der Waals surface area contributed by atoms with Gasteiger partial charge >= 0.3 is 0 Å². The molecular weight excluding hydrogens is 396 g/mol. The maximum absolute atomic E-state index is 14.4. The van der Waals surface area contributed by atoms with Crippen molar-refractivity contribution >= 4 is 29.5 Å². The van der Waals surface area contributed by atoms with Gasteiger partial charge in [0, 0.05) is 10.8 Å². The van der Waals surface area contributed by atoms with Crippen LogP contribution >= 0.6 is 11.6 Å². The molecule has 1 aromatic heterocycles. The fourth-order valence-corrected chi connectivity index (χ4v) is 3.34. The van der Waals surface area contributed by atoms with Crippen LogP contribution in [0.2, 0.25) is 5.02 Å². The molecule has 0 saturated heterocycles. The zero-order valence-corrected chi connectivity index (χ0v) is 16.8. The summed E-state index contributed by atoms with van der Waals surface area (Å²) in [5, 5.41) is 5.10. The van der Waals surface area contributed by atoms with Crippen molar-refractivity contribution in [2.24, 2.45) is 5.16 Å². The Bertz CT molecular complexity index is 1190. The Morgan fingerprint density at radius 2 is 1.86 bits per heavy atom. The summed E-state index contributed by atoms with van der Waals surface area (Å²) in [6, 6.07) is 9.29. The highest BCUT2D eigenvalue weighted by molar-refractivity contribution is 6.33. The Hall–Kier alpha value is -3.12. The van der Waals surface area contributed by atoms with Crippen molar-refractivity contribution in [3.8, 4) is 11.3 Å². The quantitative estimate of drug-likeness (QED) is 0.479. The van der Waals surface area contributed by atoms with E-state index in [1.165, 1.54) is 37.9 Å². The molecule has 0 aliphatic rings. The number of aryl methyl sites for hydroxylation is 1. The van der Waals surface area contributed by atoms with Crippen molar-refractivity contribution in [3.63, 3.8) is 0 Å². The van der Waals surface area contributed by atoms with Gasteiger partial charge < -0.3 is 4.84 Å². The SMILES string of the molecule is CO/N=C/C=c1/c(-c2ccc(C)cc2Cl)ncn/c1=C(/C)c1c(F)cccc1F. The van der Waals surface area contributed by atoms with E-state index in [0.29, 0.717) is 32.4 Å². The van der Waals surface area contributed by atoms with Crippen LogP contribution in [-0.4, -0.2) is 23.3 Å². The molecule has 29 heavy (non-hydrogen) atoms. The lowest BCUT2D eigenvalue weighted by Gasteiger charge is -2.09. The van der Waals surface area contributed by atoms with E-state index in [9.17, 15) is 8.78 Å². The van der Waals surface area contributed by atoms with Gasteiger partial charge in [0.15, 0.2) is 0 Å². The molecule has 0 aliphatic heterocycles. The van der Waals surface area contributed by atoms with Crippen molar-refractivity contribution in [2.75, 3.05) is 7.11 Å². The molecule has 0 radical (unpaired) electrons. The summed E-state index contributed by atoms with van der Waals surface area (Å²) in [4.78, 5) is 13.4. The molecule has 0 aliphatic carbocycles. The Morgan fingerprint density at radius 3 is 2.52 bits per heavy atom. The predicted octanol–water partition coefficient (Wildman–Crippen LogP) is 4.02. The van der Waals surface area contributed by atoms with E-state index in [4.69, 9.17) is 16.4 Å². The normalized spacial score (nSPS) is 13.1. The molecule has 3 rings (SSSR count). The number of hydrogen-bond donors (Lipinski definition) is 0. The minimum atomic E-state index is -0.674. The molecule has 0 bridgehead atoms. The average molecular weight is 414 g/mol. The number of oxime groups is 1. The van der Waals surface area contributed by atoms with Crippen LogP contribution in [0.25, 0.3) is 22.9 Å². The van der Waals surface area contributed by atoms with Gasteiger partial charge in [-0.15, -0.1) is 0 Å². The van der Waals surface area contributed by atoms with E-state index < -0.39 is 11.6 Å². The summed E-state index contributed by atoms with van der Waals surface area (Å²) in [6.07, 6.45) is 4.37. The van der Waals surface area contributed by atoms with Crippen LogP contribution < -0.4 is 10.6 Å². The third kappa shape index (κ3) is 4.32. The summed E-state index contributed by atoms with van der Waals surface area (Å²) in [5.74, 6) is -1.35. The van der Waals surface area contributed by atoms with Crippen molar-refractivity contribution in [3.05, 3.63) is 81.1 Å². The molecule has 0 fully saturated rings. The van der Waals surface area contributed by atoms with Crippen molar-refractivity contribution < 1.29 is 13.6 Å². The minimum Gasteiger partial charge on any atom is -0.399 e. The Balaban J connectivity index is 2.43. The molecule has 0 N–H and O–H groups in total. The van der Waals surface area contributed by atoms with Gasteiger partial charge in [-0.3, -0.25) is 0 Å². The lowest BCUT2D eigenvalue weighted by atomic mass is 10.0. The Labute approximate surface area is 171 Å². The zero-order chi connectivity index (χ0) is 21.0. The van der Waals surface area contributed by atoms with Crippen LogP contribution in [0.5, 0.6) is 0 Å². The second-order valence-electron chi connectivity index (χ2n) is 6.29. The molecule has 148 valence electrons. The number of benzene rings is 2. The second-order valence-corrected chi connectivity index (χ2v) is 6.70. The van der Waals surface area contributed by atoms with Gasteiger partial charge in [-0.05, 0) is 49.3 Å². The molecule has 3 aromatic rings. The summed E-state index contributed by atoms with van der Waals surface area (Å²) in [7, 11) is 1.41. The standard InChI is InChI=1S/C22H18ClF2N3O/c1-13-7-8-15(17(23)11-13)22-16(9-10-28-29-3)21(26-12-27-22)14(2)20-18(24)5-4-6-19(20)25/h4-12H,1-3H3/b16-9+,21-14-,28-10+. The van der Waals surface area contributed by atoms with Crippen LogP contribution in [0, 0.1) is 18.6 Å². The van der Waals surface area contributed by atoms with Gasteiger partial charge in [0.05, 0.1) is 27.8 Å². The highest BCUT2D eigenvalue weighted by Crippen LogP contribution is 2.25. The molecular formula is C22H18ClF2N3O. The monoisotopic (exact) mass is 413 g/mol. The van der Waals surface area contributed by atoms with Crippen LogP contribution in [0.15, 0.2) is 47.9 Å². The molecule has 0 atom stereocenters. The third-order valence-corrected chi connectivity index (χ3v) is 4.68. The smallest absolute Gasteiger partial charge is 0.133 e. The van der Waals surface area contributed by atoms with Gasteiger partial charge in [-0.2, -0.15) is 0 Å². The topological polar surface area (TPSA) is 47.4 Å². The second kappa shape index (κ2) is 8.92. The molecule has 1 heterocycles. The van der Waals surface area contributed by atoms with Gasteiger partial charge in [0.25, 0.3) is 0 Å². The van der Waals surface area contributed by atoms with Crippen molar-refractivity contribution in [1.29, 1.82) is 0 Å². The Morgan fingerprint density at radius 1 is 1.14 bits per heavy atom. The lowest BCUT2D eigenvalue weighted by molar-refractivity contribution is 0.216. The number of halogens is 3. The molecule has 2 aromatic carbocycles. The van der Waals surface area contributed by atoms with E-state index in [2.05, 4.69) is 15.1 Å². The first kappa shape index (κ1) is 20.6. The summed E-state index contributed by atoms with van der Waals surface area (Å²) < 4.78 is 28.7. The highest BCUT2D eigenvalue weighted by Gasteiger charge is 2.14. The van der Waals surface area contributed by atoms with Crippen molar-refractivity contribution in [2.45, 2.75) is 13.8 Å². The van der Waals surface area contributed by atoms with Crippen LogP contribution in [0.1, 0.15) is 18.1 Å². The minimum absolute atomic E-state index is 0.148. The van der Waals surface area contributed by atoms with E-state index in [0.717, 1.165) is 5.56 Å². The molecule has 0 unspecified atom stereocenters. The first-order chi connectivity index (χ1) is 13.9. The van der Waals surface area contributed by atoms with Crippen LogP contribution in [0.4, 0.5) is 8.78 Å². The maximum atomic E-state index is 14.4. The molecule has 0 spiro atoms. The van der Waals surface area contributed by atoms with Crippen LogP contribution in [0.3, 0.4) is 0 Å². The van der Waals surface area contributed by atoms with Gasteiger partial charge in [0.2, 0.25) is 0 Å². The summed E-state index contributed by atoms with van der Waals surface area (Å²) in [5.41, 5.74) is 2.35. The number of rotatable bonds is 4. The van der Waals surface area contributed by atoms with Crippen LogP contribution in [-0.2, 0) is 4.84 Å². The highest BCUT2D eigenvalue weighted by atomic mass is 35.5. The number of nitrogens with zero attached hydrogens (tertiary/aromatic N) is 3. The van der Waals surface area contributed by atoms with Gasteiger partial charge in [-0.1, -0.05) is 35.0 Å². The van der Waals surface area contributed by atoms with E-state index in [1.54, 1.807) is 13.0 Å². The summed E-state index contributed by atoms with van der Waals surface area (Å²) >= 11 is 6.44. The summed E-state index contributed by atoms with van der Waals surface area (Å²) in [6.45, 7) is 3.54. The molecule has 4 nitrogen and oxygen atoms in total. The number of hydrogen-bond acceptors (Lipinski definition) is 4. The van der Waals surface area contributed by atoms with E-state index in [-0.39, 0.29) is 5.56 Å². The first-order valence-corrected chi connectivity index (χ1v) is 9.11. The molecule has 0 amide bonds. The molecule has 7 heteroatoms. The van der Waals surface area contributed by atoms with Gasteiger partial charge in [-0.25, -0.2) is 18.7 Å². The van der Waals surface area contributed by atoms with Crippen molar-refractivity contribution in [1.82, 2.24) is 9.97 Å². The zero-order valence-electron chi connectivity index (χ0n) is 16.1. The van der Waals surface area contributed by atoms with Gasteiger partial charge in [0.1, 0.15) is 25.1 Å². The third-order valence-electron chi connectivity index (χ3n) is 4.36.